The first-order chi connectivity index (χ1) is 4.83. The largest absolute Gasteiger partial charge is 0.303 e. The fourth-order valence-electron chi connectivity index (χ4n) is 0.717. The first-order valence-corrected chi connectivity index (χ1v) is 3.01. The van der Waals surface area contributed by atoms with Gasteiger partial charge < -0.3 is 4.79 Å². The van der Waals surface area contributed by atoms with Crippen LogP contribution < -0.4 is 0 Å². The van der Waals surface area contributed by atoms with E-state index in [-0.39, 0.29) is 421 Å². The van der Waals surface area contributed by atoms with Gasteiger partial charge in [0.15, 0.2) is 0 Å². The molecule has 1 aromatic rings. The van der Waals surface area contributed by atoms with Gasteiger partial charge in [-0.05, 0) is 17.7 Å². The summed E-state index contributed by atoms with van der Waals surface area (Å²) < 4.78 is 12.2. The summed E-state index contributed by atoms with van der Waals surface area (Å²) in [6, 6.07) is 5.89. The predicted octanol–water partition coefficient (Wildman–Crippen LogP) is 1.57. The second-order valence-electron chi connectivity index (χ2n) is 2.00. The molecule has 0 unspecified atom stereocenters. The van der Waals surface area contributed by atoms with Crippen LogP contribution in [-0.2, 0) is 11.2 Å². The number of halogens is 1. The normalized spacial score (nSPS) is 4.43. The van der Waals surface area contributed by atoms with Crippen molar-refractivity contribution in [2.45, 2.75) is 6.42 Å². The number of carbonyl (C=O) groups excluding carboxylic acids is 1. The number of hydrogen-bond donors (Lipinski definition) is 0. The summed E-state index contributed by atoms with van der Waals surface area (Å²) in [5, 5.41) is 0. The van der Waals surface area contributed by atoms with Crippen LogP contribution in [0.25, 0.3) is 0 Å². The third-order valence-corrected chi connectivity index (χ3v) is 1.23. The van der Waals surface area contributed by atoms with Gasteiger partial charge in [-0.25, -0.2) is 4.39 Å². The summed E-state index contributed by atoms with van der Waals surface area (Å²) in [6.07, 6.45) is 1.16. The van der Waals surface area contributed by atoms with Crippen molar-refractivity contribution in [3.05, 3.63) is 35.6 Å². The van der Waals surface area contributed by atoms with Crippen molar-refractivity contribution in [2.24, 2.45) is 0 Å². The van der Waals surface area contributed by atoms with Crippen LogP contribution in [0.4, 0.5) is 4.39 Å². The number of aldehydes is 1. The molecule has 140 valence electrons. The zero-order valence-corrected chi connectivity index (χ0v) is 17.0. The van der Waals surface area contributed by atoms with Gasteiger partial charge in [-0.15, -0.1) is 0 Å². The van der Waals surface area contributed by atoms with Crippen LogP contribution in [0.15, 0.2) is 24.3 Å². The van der Waals surface area contributed by atoms with E-state index in [1.807, 2.05) is 0 Å². The first kappa shape index (κ1) is 69.9. The average Bonchev–Trinajstić information content (AvgIpc) is 1.95. The summed E-state index contributed by atoms with van der Waals surface area (Å²) in [5.74, 6) is -0.269. The Kier molecular flexibility index (Phi) is 179. The quantitative estimate of drug-likeness (QED) is 0.488. The minimum atomic E-state index is -0.269. The Balaban J connectivity index is -0.0000000101. The molecule has 1 rings (SSSR count). The summed E-state index contributed by atoms with van der Waals surface area (Å²) in [6.45, 7) is 0. The number of benzene rings is 1. The average molecular weight is 578 g/mol. The molecule has 0 bridgehead atoms. The summed E-state index contributed by atoms with van der Waals surface area (Å²) in [7, 11) is 0. The molecule has 0 amide bonds. The van der Waals surface area contributed by atoms with E-state index >= 15 is 0 Å². The van der Waals surface area contributed by atoms with E-state index in [1.165, 1.54) is 12.1 Å². The van der Waals surface area contributed by atoms with E-state index in [4.69, 9.17) is 0 Å². The summed E-state index contributed by atoms with van der Waals surface area (Å²) in [4.78, 5) is 9.97. The second kappa shape index (κ2) is 53.8. The van der Waals surface area contributed by atoms with Gasteiger partial charge >= 0.3 is 0 Å². The van der Waals surface area contributed by atoms with Gasteiger partial charge in [-0.1, -0.05) is 12.1 Å². The van der Waals surface area contributed by atoms with Gasteiger partial charge in [0.05, 0.1) is 0 Å². The molecule has 1 aromatic carbocycles. The van der Waals surface area contributed by atoms with Gasteiger partial charge in [0.1, 0.15) is 12.1 Å². The minimum Gasteiger partial charge on any atom is -0.303 e. The molecule has 0 radical (unpaired) electrons. The zero-order chi connectivity index (χ0) is 7.40. The van der Waals surface area contributed by atoms with E-state index in [0.717, 1.165) is 11.8 Å². The minimum absolute atomic E-state index is 0. The van der Waals surface area contributed by atoms with Gasteiger partial charge in [0.2, 0.25) is 0 Å². The molecule has 13 heteroatoms. The Bertz CT molecular complexity index is 236. The molecule has 0 spiro atoms. The Morgan fingerprint density at radius 3 is 1.19 bits per heavy atom. The van der Waals surface area contributed by atoms with Crippen molar-refractivity contribution >= 4 is 6.29 Å². The SMILES string of the molecule is O=CCc1ccc(F)cc1.[Ar].[Ar].[Ar].[Ar].[Ar].[Ar].[Ar].[Ar].[Ar].[Ar].[Ar]. The van der Waals surface area contributed by atoms with Crippen molar-refractivity contribution in [2.75, 3.05) is 0 Å². The molecular weight excluding hydrogens is 571 g/mol. The van der Waals surface area contributed by atoms with Crippen LogP contribution in [0.5, 0.6) is 0 Å². The fourth-order valence-corrected chi connectivity index (χ4v) is 0.717. The molecule has 0 aliphatic heterocycles. The van der Waals surface area contributed by atoms with Crippen LogP contribution in [0, 0.1) is 421 Å². The van der Waals surface area contributed by atoms with Crippen molar-refractivity contribution in [1.29, 1.82) is 0 Å². The van der Waals surface area contributed by atoms with Crippen LogP contribution in [0.2, 0.25) is 0 Å². The Labute approximate surface area is 456 Å². The van der Waals surface area contributed by atoms with Crippen LogP contribution in [0.1, 0.15) is 5.56 Å². The molecule has 0 saturated heterocycles. The molecule has 21 heavy (non-hydrogen) atoms. The Morgan fingerprint density at radius 1 is 0.667 bits per heavy atom. The molecular formula is C8H7Ar11FO. The van der Waals surface area contributed by atoms with Crippen molar-refractivity contribution in [3.8, 4) is 0 Å². The van der Waals surface area contributed by atoms with Crippen molar-refractivity contribution in [3.63, 3.8) is 0 Å². The molecule has 0 fully saturated rings. The van der Waals surface area contributed by atoms with Gasteiger partial charge in [-0.3, -0.25) is 0 Å². The molecule has 0 aromatic heterocycles. The standard InChI is InChI=1S/C8H7FO.11Ar/c9-8-3-1-7(2-4-8)5-6-10;;;;;;;;;;;/h1-4,6H,5H2;;;;;;;;;;;. The summed E-state index contributed by atoms with van der Waals surface area (Å²) in [5.41, 5.74) is 0.844. The number of hydrogen-bond acceptors (Lipinski definition) is 1. The van der Waals surface area contributed by atoms with E-state index < -0.39 is 0 Å². The smallest absolute Gasteiger partial charge is 0.124 e. The molecule has 0 aliphatic carbocycles. The van der Waals surface area contributed by atoms with Gasteiger partial charge in [0, 0.05) is 422 Å². The maximum Gasteiger partial charge on any atom is 0.124 e. The van der Waals surface area contributed by atoms with Crippen LogP contribution in [0.3, 0.4) is 0 Å². The van der Waals surface area contributed by atoms with E-state index in [9.17, 15) is 9.18 Å². The monoisotopic (exact) mass is 578 g/mol. The third kappa shape index (κ3) is 46.6. The molecule has 1 nitrogen and oxygen atoms in total. The van der Waals surface area contributed by atoms with Crippen LogP contribution >= 0.6 is 0 Å². The first-order valence-electron chi connectivity index (χ1n) is 3.01. The van der Waals surface area contributed by atoms with Crippen molar-refractivity contribution < 1.29 is 424 Å². The molecule has 0 heterocycles. The Morgan fingerprint density at radius 2 is 0.952 bits per heavy atom. The zero-order valence-electron chi connectivity index (χ0n) is 9.27. The molecule has 0 aliphatic rings. The maximum atomic E-state index is 12.2. The second-order valence-corrected chi connectivity index (χ2v) is 2.00. The predicted molar refractivity (Wildman–Crippen MR) is 36.2 cm³/mol. The maximum absolute atomic E-state index is 12.2. The number of rotatable bonds is 2. The number of carbonyl (C=O) groups is 1. The van der Waals surface area contributed by atoms with Gasteiger partial charge in [0.25, 0.3) is 0 Å². The topological polar surface area (TPSA) is 17.1 Å². The molecule has 0 atom stereocenters. The van der Waals surface area contributed by atoms with E-state index in [0.29, 0.717) is 6.42 Å². The molecule has 0 N–H and O–H groups in total. The fraction of sp³-hybridized carbons (Fsp3) is 0.125. The Hall–Kier alpha value is 12.7. The third-order valence-electron chi connectivity index (χ3n) is 1.23. The van der Waals surface area contributed by atoms with Crippen molar-refractivity contribution in [1.82, 2.24) is 0 Å². The van der Waals surface area contributed by atoms with E-state index in [1.54, 1.807) is 12.1 Å². The summed E-state index contributed by atoms with van der Waals surface area (Å²) >= 11 is 0. The van der Waals surface area contributed by atoms with E-state index in [2.05, 4.69) is 0 Å². The molecule has 0 saturated carbocycles. The van der Waals surface area contributed by atoms with Crippen LogP contribution in [-0.4, -0.2) is 6.29 Å². The van der Waals surface area contributed by atoms with Gasteiger partial charge in [-0.2, -0.15) is 0 Å².